The molecule has 1 fully saturated rings. The molecule has 2 atom stereocenters. The van der Waals surface area contributed by atoms with Gasteiger partial charge in [0.1, 0.15) is 11.4 Å². The maximum Gasteiger partial charge on any atom is 0.275 e. The Morgan fingerprint density at radius 1 is 1.37 bits per heavy atom. The minimum absolute atomic E-state index is 0.146. The smallest absolute Gasteiger partial charge is 0.275 e. The van der Waals surface area contributed by atoms with Crippen LogP contribution in [0, 0.1) is 6.92 Å². The monoisotopic (exact) mass is 410 g/mol. The number of aromatic amines is 1. The molecule has 3 aromatic rings. The van der Waals surface area contributed by atoms with Crippen LogP contribution < -0.4 is 10.1 Å². The number of ether oxygens (including phenoxy) is 2. The van der Waals surface area contributed by atoms with Gasteiger partial charge in [-0.1, -0.05) is 0 Å². The molecular formula is C21H26N6O3. The highest BCUT2D eigenvalue weighted by Gasteiger charge is 2.29. The highest BCUT2D eigenvalue weighted by atomic mass is 16.5. The summed E-state index contributed by atoms with van der Waals surface area (Å²) in [6.07, 6.45) is 6.55. The van der Waals surface area contributed by atoms with Crippen molar-refractivity contribution < 1.29 is 14.3 Å². The molecule has 9 nitrogen and oxygen atoms in total. The van der Waals surface area contributed by atoms with Gasteiger partial charge in [-0.25, -0.2) is 0 Å². The number of rotatable bonds is 7. The van der Waals surface area contributed by atoms with Crippen molar-refractivity contribution in [2.24, 2.45) is 7.05 Å². The Bertz CT molecular complexity index is 1030. The Labute approximate surface area is 174 Å². The number of aryl methyl sites for hydroxylation is 2. The van der Waals surface area contributed by atoms with E-state index in [1.807, 2.05) is 19.1 Å². The summed E-state index contributed by atoms with van der Waals surface area (Å²) >= 11 is 0. The van der Waals surface area contributed by atoms with Crippen molar-refractivity contribution in [2.75, 3.05) is 12.4 Å². The van der Waals surface area contributed by atoms with E-state index in [1.54, 1.807) is 32.6 Å². The van der Waals surface area contributed by atoms with Crippen molar-refractivity contribution in [3.8, 4) is 5.75 Å². The molecule has 0 saturated heterocycles. The predicted octanol–water partition coefficient (Wildman–Crippen LogP) is 2.96. The number of nitrogens with one attached hydrogen (secondary N) is 2. The maximum absolute atomic E-state index is 12.6. The molecule has 9 heteroatoms. The number of pyridine rings is 1. The van der Waals surface area contributed by atoms with E-state index in [0.29, 0.717) is 29.7 Å². The molecule has 30 heavy (non-hydrogen) atoms. The molecule has 0 spiro atoms. The van der Waals surface area contributed by atoms with Gasteiger partial charge < -0.3 is 14.8 Å². The van der Waals surface area contributed by atoms with E-state index < -0.39 is 0 Å². The number of methoxy groups -OCH3 is 1. The van der Waals surface area contributed by atoms with E-state index in [9.17, 15) is 4.79 Å². The SMILES string of the molecule is COCc1cc(C(=O)Nc2cc([C@H]3CC[C@@H](Oc4cnccc4C)C3)[nH]n2)n(C)n1. The lowest BCUT2D eigenvalue weighted by Gasteiger charge is -2.15. The molecule has 1 amide bonds. The molecular weight excluding hydrogens is 384 g/mol. The largest absolute Gasteiger partial charge is 0.489 e. The zero-order chi connectivity index (χ0) is 21.1. The van der Waals surface area contributed by atoms with Crippen molar-refractivity contribution >= 4 is 11.7 Å². The van der Waals surface area contributed by atoms with Gasteiger partial charge in [0.25, 0.3) is 5.91 Å². The first-order valence-corrected chi connectivity index (χ1v) is 9.99. The van der Waals surface area contributed by atoms with Crippen molar-refractivity contribution in [1.82, 2.24) is 25.0 Å². The molecule has 1 saturated carbocycles. The van der Waals surface area contributed by atoms with Crippen LogP contribution in [0.3, 0.4) is 0 Å². The lowest BCUT2D eigenvalue weighted by molar-refractivity contribution is 0.101. The molecule has 3 aromatic heterocycles. The number of carbonyl (C=O) groups excluding carboxylic acids is 1. The lowest BCUT2D eigenvalue weighted by atomic mass is 10.0. The zero-order valence-corrected chi connectivity index (χ0v) is 17.4. The summed E-state index contributed by atoms with van der Waals surface area (Å²) in [5, 5.41) is 14.4. The Morgan fingerprint density at radius 2 is 2.23 bits per heavy atom. The van der Waals surface area contributed by atoms with Gasteiger partial charge in [-0.15, -0.1) is 0 Å². The molecule has 158 valence electrons. The molecule has 4 rings (SSSR count). The molecule has 0 bridgehead atoms. The fourth-order valence-corrected chi connectivity index (χ4v) is 3.83. The summed E-state index contributed by atoms with van der Waals surface area (Å²) in [7, 11) is 3.32. The van der Waals surface area contributed by atoms with E-state index in [0.717, 1.165) is 36.3 Å². The van der Waals surface area contributed by atoms with Crippen LogP contribution in [-0.4, -0.2) is 44.1 Å². The Hall–Kier alpha value is -3.20. The summed E-state index contributed by atoms with van der Waals surface area (Å²) in [5.74, 6) is 1.39. The standard InChI is InChI=1S/C21H26N6O3/c1-13-6-7-22-11-19(13)30-16-5-4-14(8-16)17-10-20(25-24-17)23-21(28)18-9-15(12-29-3)26-27(18)2/h6-7,9-11,14,16H,4-5,8,12H2,1-3H3,(H2,23,24,25,28)/t14-,16+/m0/s1. The quantitative estimate of drug-likeness (QED) is 0.620. The average Bonchev–Trinajstić information content (AvgIpc) is 3.44. The average molecular weight is 410 g/mol. The molecule has 0 aromatic carbocycles. The summed E-state index contributed by atoms with van der Waals surface area (Å²) in [5.41, 5.74) is 3.25. The number of anilines is 1. The normalized spacial score (nSPS) is 18.5. The Kier molecular flexibility index (Phi) is 5.80. The van der Waals surface area contributed by atoms with Crippen LogP contribution in [0.15, 0.2) is 30.6 Å². The molecule has 0 aliphatic heterocycles. The van der Waals surface area contributed by atoms with E-state index >= 15 is 0 Å². The summed E-state index contributed by atoms with van der Waals surface area (Å²) in [4.78, 5) is 16.7. The van der Waals surface area contributed by atoms with Crippen LogP contribution in [0.1, 0.15) is 52.6 Å². The number of carbonyl (C=O) groups is 1. The van der Waals surface area contributed by atoms with E-state index in [-0.39, 0.29) is 12.0 Å². The van der Waals surface area contributed by atoms with Gasteiger partial charge in [-0.3, -0.25) is 19.6 Å². The number of hydrogen-bond acceptors (Lipinski definition) is 6. The maximum atomic E-state index is 12.6. The van der Waals surface area contributed by atoms with E-state index in [1.165, 1.54) is 4.68 Å². The minimum Gasteiger partial charge on any atom is -0.489 e. The van der Waals surface area contributed by atoms with Crippen LogP contribution in [0.4, 0.5) is 5.82 Å². The van der Waals surface area contributed by atoms with E-state index in [2.05, 4.69) is 25.6 Å². The lowest BCUT2D eigenvalue weighted by Crippen LogP contribution is -2.16. The number of nitrogens with zero attached hydrogens (tertiary/aromatic N) is 4. The van der Waals surface area contributed by atoms with Crippen molar-refractivity contribution in [2.45, 2.75) is 44.8 Å². The molecule has 1 aliphatic rings. The number of aromatic nitrogens is 5. The second-order valence-corrected chi connectivity index (χ2v) is 7.63. The number of amides is 1. The molecule has 1 aliphatic carbocycles. The Balaban J connectivity index is 1.36. The summed E-state index contributed by atoms with van der Waals surface area (Å²) in [6.45, 7) is 2.38. The number of hydrogen-bond donors (Lipinski definition) is 2. The van der Waals surface area contributed by atoms with Crippen molar-refractivity contribution in [3.05, 3.63) is 53.2 Å². The third-order valence-electron chi connectivity index (χ3n) is 5.40. The Morgan fingerprint density at radius 3 is 3.03 bits per heavy atom. The number of H-pyrrole nitrogens is 1. The molecule has 0 radical (unpaired) electrons. The third-order valence-corrected chi connectivity index (χ3v) is 5.40. The molecule has 3 heterocycles. The van der Waals surface area contributed by atoms with Gasteiger partial charge in [0.15, 0.2) is 5.82 Å². The first kappa shape index (κ1) is 20.1. The highest BCUT2D eigenvalue weighted by molar-refractivity contribution is 6.02. The van der Waals surface area contributed by atoms with Crippen LogP contribution in [0.5, 0.6) is 5.75 Å². The minimum atomic E-state index is -0.259. The topological polar surface area (TPSA) is 107 Å². The predicted molar refractivity (Wildman–Crippen MR) is 110 cm³/mol. The van der Waals surface area contributed by atoms with Crippen LogP contribution >= 0.6 is 0 Å². The summed E-state index contributed by atoms with van der Waals surface area (Å²) < 4.78 is 12.7. The van der Waals surface area contributed by atoms with Gasteiger partial charge in [0.05, 0.1) is 24.6 Å². The van der Waals surface area contributed by atoms with Gasteiger partial charge in [0.2, 0.25) is 0 Å². The van der Waals surface area contributed by atoms with Gasteiger partial charge in [-0.05, 0) is 43.9 Å². The fraction of sp³-hybridized carbons (Fsp3) is 0.429. The highest BCUT2D eigenvalue weighted by Crippen LogP contribution is 2.36. The second kappa shape index (κ2) is 8.66. The summed E-state index contributed by atoms with van der Waals surface area (Å²) in [6, 6.07) is 5.56. The van der Waals surface area contributed by atoms with Crippen molar-refractivity contribution in [3.63, 3.8) is 0 Å². The first-order valence-electron chi connectivity index (χ1n) is 9.99. The fourth-order valence-electron chi connectivity index (χ4n) is 3.83. The molecule has 2 N–H and O–H groups in total. The van der Waals surface area contributed by atoms with E-state index in [4.69, 9.17) is 9.47 Å². The van der Waals surface area contributed by atoms with Crippen molar-refractivity contribution in [1.29, 1.82) is 0 Å². The third kappa shape index (κ3) is 4.35. The van der Waals surface area contributed by atoms with Crippen LogP contribution in [-0.2, 0) is 18.4 Å². The zero-order valence-electron chi connectivity index (χ0n) is 17.4. The van der Waals surface area contributed by atoms with Crippen LogP contribution in [0.25, 0.3) is 0 Å². The molecule has 0 unspecified atom stereocenters. The first-order chi connectivity index (χ1) is 14.5. The van der Waals surface area contributed by atoms with Crippen LogP contribution in [0.2, 0.25) is 0 Å². The van der Waals surface area contributed by atoms with Gasteiger partial charge in [0, 0.05) is 38.0 Å². The van der Waals surface area contributed by atoms with Gasteiger partial charge >= 0.3 is 0 Å². The van der Waals surface area contributed by atoms with Gasteiger partial charge in [-0.2, -0.15) is 10.2 Å². The second-order valence-electron chi connectivity index (χ2n) is 7.63.